The minimum absolute atomic E-state index is 0.0591. The third-order valence-electron chi connectivity index (χ3n) is 2.67. The Morgan fingerprint density at radius 3 is 2.47 bits per heavy atom. The third kappa shape index (κ3) is 3.47. The zero-order chi connectivity index (χ0) is 13.9. The summed E-state index contributed by atoms with van der Waals surface area (Å²) in [7, 11) is 0. The van der Waals surface area contributed by atoms with E-state index in [-0.39, 0.29) is 5.69 Å². The van der Waals surface area contributed by atoms with Crippen LogP contribution in [0.2, 0.25) is 0 Å². The van der Waals surface area contributed by atoms with Crippen LogP contribution >= 0.6 is 0 Å². The lowest BCUT2D eigenvalue weighted by atomic mass is 10.1. The molecule has 0 aliphatic heterocycles. The number of alkyl halides is 3. The first kappa shape index (κ1) is 13.4. The summed E-state index contributed by atoms with van der Waals surface area (Å²) in [6, 6.07) is 10.7. The quantitative estimate of drug-likeness (QED) is 0.907. The van der Waals surface area contributed by atoms with Crippen LogP contribution in [-0.2, 0) is 12.7 Å². The Labute approximate surface area is 109 Å². The molecule has 0 spiro atoms. The highest BCUT2D eigenvalue weighted by Gasteiger charge is 2.34. The Bertz CT molecular complexity index is 550. The second-order valence-corrected chi connectivity index (χ2v) is 4.21. The first-order valence-corrected chi connectivity index (χ1v) is 5.78. The summed E-state index contributed by atoms with van der Waals surface area (Å²) in [5.41, 5.74) is 0.784. The topological polar surface area (TPSA) is 24.9 Å². The molecule has 1 aromatic carbocycles. The molecule has 1 N–H and O–H groups in total. The molecule has 1 aromatic heterocycles. The second-order valence-electron chi connectivity index (χ2n) is 4.21. The number of aryl methyl sites for hydroxylation is 1. The molecule has 0 aliphatic carbocycles. The van der Waals surface area contributed by atoms with E-state index in [0.29, 0.717) is 12.2 Å². The minimum Gasteiger partial charge on any atom is -0.380 e. The molecule has 1 heterocycles. The molecule has 0 atom stereocenters. The first-order valence-electron chi connectivity index (χ1n) is 5.78. The SMILES string of the molecule is Cc1cc(NCc2ccccc2)c(C(F)(F)F)cn1. The van der Waals surface area contributed by atoms with E-state index < -0.39 is 11.7 Å². The molecule has 0 unspecified atom stereocenters. The molecule has 100 valence electrons. The van der Waals surface area contributed by atoms with Crippen LogP contribution in [0.15, 0.2) is 42.6 Å². The van der Waals surface area contributed by atoms with E-state index in [0.717, 1.165) is 11.8 Å². The van der Waals surface area contributed by atoms with Crippen LogP contribution in [0.4, 0.5) is 18.9 Å². The van der Waals surface area contributed by atoms with Crippen LogP contribution in [0.1, 0.15) is 16.8 Å². The van der Waals surface area contributed by atoms with Crippen molar-refractivity contribution in [3.8, 4) is 0 Å². The molecule has 2 nitrogen and oxygen atoms in total. The molecule has 0 saturated heterocycles. The van der Waals surface area contributed by atoms with Gasteiger partial charge in [-0.1, -0.05) is 30.3 Å². The maximum Gasteiger partial charge on any atom is 0.419 e. The number of halogens is 3. The predicted molar refractivity (Wildman–Crippen MR) is 67.7 cm³/mol. The highest BCUT2D eigenvalue weighted by atomic mass is 19.4. The van der Waals surface area contributed by atoms with Crippen molar-refractivity contribution in [1.82, 2.24) is 4.98 Å². The average molecular weight is 266 g/mol. The molecular formula is C14H13F3N2. The van der Waals surface area contributed by atoms with Gasteiger partial charge in [-0.15, -0.1) is 0 Å². The summed E-state index contributed by atoms with van der Waals surface area (Å²) in [5.74, 6) is 0. The van der Waals surface area contributed by atoms with Gasteiger partial charge in [0.05, 0.1) is 11.3 Å². The molecule has 2 aromatic rings. The minimum atomic E-state index is -4.40. The van der Waals surface area contributed by atoms with Gasteiger partial charge < -0.3 is 5.32 Å². The van der Waals surface area contributed by atoms with Gasteiger partial charge in [0.15, 0.2) is 0 Å². The summed E-state index contributed by atoms with van der Waals surface area (Å²) in [4.78, 5) is 3.70. The van der Waals surface area contributed by atoms with Crippen molar-refractivity contribution < 1.29 is 13.2 Å². The molecule has 5 heteroatoms. The Kier molecular flexibility index (Phi) is 3.74. The Morgan fingerprint density at radius 1 is 1.16 bits per heavy atom. The van der Waals surface area contributed by atoms with Gasteiger partial charge in [-0.25, -0.2) is 0 Å². The Hall–Kier alpha value is -2.04. The number of benzene rings is 1. The molecule has 0 radical (unpaired) electrons. The number of rotatable bonds is 3. The van der Waals surface area contributed by atoms with Gasteiger partial charge in [0.25, 0.3) is 0 Å². The smallest absolute Gasteiger partial charge is 0.380 e. The lowest BCUT2D eigenvalue weighted by Crippen LogP contribution is -2.12. The number of nitrogens with one attached hydrogen (secondary N) is 1. The van der Waals surface area contributed by atoms with Crippen LogP contribution in [0, 0.1) is 6.92 Å². The van der Waals surface area contributed by atoms with Gasteiger partial charge in [-0.2, -0.15) is 13.2 Å². The fourth-order valence-electron chi connectivity index (χ4n) is 1.73. The number of pyridine rings is 1. The summed E-state index contributed by atoms with van der Waals surface area (Å²) in [6.07, 6.45) is -3.54. The van der Waals surface area contributed by atoms with Gasteiger partial charge in [0.1, 0.15) is 0 Å². The zero-order valence-corrected chi connectivity index (χ0v) is 10.3. The largest absolute Gasteiger partial charge is 0.419 e. The van der Waals surface area contributed by atoms with Crippen molar-refractivity contribution in [3.05, 3.63) is 59.4 Å². The van der Waals surface area contributed by atoms with Gasteiger partial charge >= 0.3 is 6.18 Å². The lowest BCUT2D eigenvalue weighted by molar-refractivity contribution is -0.137. The number of hydrogen-bond donors (Lipinski definition) is 1. The van der Waals surface area contributed by atoms with Crippen LogP contribution in [0.5, 0.6) is 0 Å². The Morgan fingerprint density at radius 2 is 1.84 bits per heavy atom. The highest BCUT2D eigenvalue weighted by Crippen LogP contribution is 2.34. The summed E-state index contributed by atoms with van der Waals surface area (Å²) in [5, 5.41) is 2.82. The van der Waals surface area contributed by atoms with Gasteiger partial charge in [0, 0.05) is 18.4 Å². The van der Waals surface area contributed by atoms with Crippen LogP contribution in [0.3, 0.4) is 0 Å². The standard InChI is InChI=1S/C14H13F3N2/c1-10-7-13(12(9-18-10)14(15,16)17)19-8-11-5-3-2-4-6-11/h2-7,9H,8H2,1H3,(H,18,19). The molecule has 0 bridgehead atoms. The first-order chi connectivity index (χ1) is 8.97. The van der Waals surface area contributed by atoms with Crippen molar-refractivity contribution in [3.63, 3.8) is 0 Å². The molecule has 0 fully saturated rings. The molecule has 0 saturated carbocycles. The maximum atomic E-state index is 12.8. The molecule has 0 aliphatic rings. The second kappa shape index (κ2) is 5.30. The molecular weight excluding hydrogens is 253 g/mol. The van der Waals surface area contributed by atoms with Crippen molar-refractivity contribution in [2.75, 3.05) is 5.32 Å². The number of hydrogen-bond acceptors (Lipinski definition) is 2. The summed E-state index contributed by atoms with van der Waals surface area (Å²) in [6.45, 7) is 2.00. The lowest BCUT2D eigenvalue weighted by Gasteiger charge is -2.14. The van der Waals surface area contributed by atoms with E-state index in [1.54, 1.807) is 6.92 Å². The van der Waals surface area contributed by atoms with Crippen LogP contribution in [0.25, 0.3) is 0 Å². The fourth-order valence-corrected chi connectivity index (χ4v) is 1.73. The van der Waals surface area contributed by atoms with Crippen molar-refractivity contribution in [2.45, 2.75) is 19.6 Å². The van der Waals surface area contributed by atoms with Crippen LogP contribution in [-0.4, -0.2) is 4.98 Å². The zero-order valence-electron chi connectivity index (χ0n) is 10.3. The maximum absolute atomic E-state index is 12.8. The Balaban J connectivity index is 2.22. The van der Waals surface area contributed by atoms with Gasteiger partial charge in [-0.3, -0.25) is 4.98 Å². The normalized spacial score (nSPS) is 11.4. The van der Waals surface area contributed by atoms with Gasteiger partial charge in [-0.05, 0) is 18.6 Å². The van der Waals surface area contributed by atoms with E-state index in [1.165, 1.54) is 6.07 Å². The van der Waals surface area contributed by atoms with E-state index in [4.69, 9.17) is 0 Å². The van der Waals surface area contributed by atoms with Crippen LogP contribution < -0.4 is 5.32 Å². The average Bonchev–Trinajstić information content (AvgIpc) is 2.36. The molecule has 19 heavy (non-hydrogen) atoms. The highest BCUT2D eigenvalue weighted by molar-refractivity contribution is 5.52. The van der Waals surface area contributed by atoms with Crippen molar-refractivity contribution in [1.29, 1.82) is 0 Å². The van der Waals surface area contributed by atoms with E-state index in [1.807, 2.05) is 30.3 Å². The molecule has 0 amide bonds. The van der Waals surface area contributed by atoms with E-state index in [2.05, 4.69) is 10.3 Å². The van der Waals surface area contributed by atoms with E-state index >= 15 is 0 Å². The number of nitrogens with zero attached hydrogens (tertiary/aromatic N) is 1. The van der Waals surface area contributed by atoms with E-state index in [9.17, 15) is 13.2 Å². The molecule has 2 rings (SSSR count). The number of anilines is 1. The van der Waals surface area contributed by atoms with Crippen molar-refractivity contribution >= 4 is 5.69 Å². The monoisotopic (exact) mass is 266 g/mol. The fraction of sp³-hybridized carbons (Fsp3) is 0.214. The summed E-state index contributed by atoms with van der Waals surface area (Å²) < 4.78 is 38.5. The van der Waals surface area contributed by atoms with Gasteiger partial charge in [0.2, 0.25) is 0 Å². The number of aromatic nitrogens is 1. The van der Waals surface area contributed by atoms with Crippen molar-refractivity contribution in [2.24, 2.45) is 0 Å². The third-order valence-corrected chi connectivity index (χ3v) is 2.67. The summed E-state index contributed by atoms with van der Waals surface area (Å²) >= 11 is 0. The predicted octanol–water partition coefficient (Wildman–Crippen LogP) is 4.02.